The highest BCUT2D eigenvalue weighted by Gasteiger charge is 2.19. The third-order valence-electron chi connectivity index (χ3n) is 7.14. The maximum atomic E-state index is 13.9. The molecule has 0 saturated heterocycles. The number of carbonyl (C=O) groups is 1. The summed E-state index contributed by atoms with van der Waals surface area (Å²) in [7, 11) is 1.83. The van der Waals surface area contributed by atoms with Crippen molar-refractivity contribution in [2.75, 3.05) is 23.4 Å². The Bertz CT molecular complexity index is 2080. The molecular formula is C32H31N9O2S. The topological polar surface area (TPSA) is 178 Å². The van der Waals surface area contributed by atoms with E-state index in [0.29, 0.717) is 22.3 Å². The van der Waals surface area contributed by atoms with Crippen molar-refractivity contribution >= 4 is 61.2 Å². The van der Waals surface area contributed by atoms with Gasteiger partial charge >= 0.3 is 0 Å². The molecule has 0 radical (unpaired) electrons. The van der Waals surface area contributed by atoms with Crippen LogP contribution in [-0.4, -0.2) is 38.7 Å². The SMILES string of the molecule is CNc1nc2ccc(C(=N)c3c(N)ncnc3NCc3cc4cccc(C)c4c(=O)n3-c3ccccc3C)cc2s1.NC=O. The Labute approximate surface area is 257 Å². The molecule has 0 bridgehead atoms. The van der Waals surface area contributed by atoms with E-state index in [0.717, 1.165) is 43.2 Å². The number of nitrogen functional groups attached to an aromatic ring is 1. The maximum absolute atomic E-state index is 13.9. The zero-order valence-electron chi connectivity index (χ0n) is 24.4. The lowest BCUT2D eigenvalue weighted by atomic mass is 10.0. The molecule has 0 saturated carbocycles. The quantitative estimate of drug-likeness (QED) is 0.128. The maximum Gasteiger partial charge on any atom is 0.263 e. The number of hydrogen-bond acceptors (Lipinski definition) is 10. The van der Waals surface area contributed by atoms with Gasteiger partial charge < -0.3 is 22.1 Å². The molecule has 0 unspecified atom stereocenters. The van der Waals surface area contributed by atoms with Crippen LogP contribution in [0.15, 0.2) is 77.9 Å². The van der Waals surface area contributed by atoms with E-state index in [2.05, 4.69) is 31.3 Å². The van der Waals surface area contributed by atoms with Crippen LogP contribution in [0.5, 0.6) is 0 Å². The second-order valence-electron chi connectivity index (χ2n) is 9.90. The molecule has 12 heteroatoms. The van der Waals surface area contributed by atoms with Gasteiger partial charge in [0.2, 0.25) is 6.41 Å². The van der Waals surface area contributed by atoms with Crippen molar-refractivity contribution in [1.82, 2.24) is 19.5 Å². The molecule has 1 amide bonds. The molecule has 7 N–H and O–H groups in total. The van der Waals surface area contributed by atoms with Crippen LogP contribution in [0.1, 0.15) is 27.9 Å². The number of nitrogens with zero attached hydrogens (tertiary/aromatic N) is 4. The Hall–Kier alpha value is -5.62. The number of aromatic nitrogens is 4. The first kappa shape index (κ1) is 29.9. The monoisotopic (exact) mass is 605 g/mol. The van der Waals surface area contributed by atoms with Crippen LogP contribution in [0.3, 0.4) is 0 Å². The van der Waals surface area contributed by atoms with Gasteiger partial charge in [-0.15, -0.1) is 0 Å². The standard InChI is InChI=1S/C31H28N8OS.CH3NO/c1-17-7-4-5-10-23(17)39-21(13-19-9-6-8-18(2)25(19)30(39)40)15-35-29-26(28(33)36-16-37-29)27(32)20-11-12-22-24(14-20)41-31(34-3)38-22;2-1-3/h4-14,16,32H,15H2,1-3H3,(H,34,38)(H3,33,35,36,37);1H,(H2,2,3). The molecule has 222 valence electrons. The fourth-order valence-corrected chi connectivity index (χ4v) is 5.94. The molecule has 3 heterocycles. The normalized spacial score (nSPS) is 10.7. The zero-order chi connectivity index (χ0) is 31.4. The van der Waals surface area contributed by atoms with E-state index in [-0.39, 0.29) is 30.0 Å². The fourth-order valence-electron chi connectivity index (χ4n) is 5.08. The Morgan fingerprint density at radius 1 is 1.05 bits per heavy atom. The molecule has 3 aromatic heterocycles. The Morgan fingerprint density at radius 2 is 1.80 bits per heavy atom. The lowest BCUT2D eigenvalue weighted by Gasteiger charge is -2.19. The number of primary amides is 1. The summed E-state index contributed by atoms with van der Waals surface area (Å²) in [6.07, 6.45) is 1.62. The van der Waals surface area contributed by atoms with E-state index in [9.17, 15) is 4.79 Å². The van der Waals surface area contributed by atoms with Crippen LogP contribution in [0.2, 0.25) is 0 Å². The van der Waals surface area contributed by atoms with Crippen LogP contribution < -0.4 is 27.7 Å². The molecule has 0 aliphatic carbocycles. The van der Waals surface area contributed by atoms with E-state index >= 15 is 0 Å². The van der Waals surface area contributed by atoms with Crippen LogP contribution in [0.4, 0.5) is 16.8 Å². The molecule has 6 rings (SSSR count). The van der Waals surface area contributed by atoms with Gasteiger partial charge in [0.1, 0.15) is 18.0 Å². The second kappa shape index (κ2) is 12.7. The molecule has 3 aromatic carbocycles. The van der Waals surface area contributed by atoms with Crippen molar-refractivity contribution in [3.63, 3.8) is 0 Å². The molecule has 0 spiro atoms. The third kappa shape index (κ3) is 5.70. The number of nitrogens with two attached hydrogens (primary N) is 2. The van der Waals surface area contributed by atoms with Gasteiger partial charge in [-0.05, 0) is 54.6 Å². The summed E-state index contributed by atoms with van der Waals surface area (Å²) >= 11 is 1.51. The summed E-state index contributed by atoms with van der Waals surface area (Å²) in [6, 6.07) is 21.4. The zero-order valence-corrected chi connectivity index (χ0v) is 25.2. The van der Waals surface area contributed by atoms with Crippen molar-refractivity contribution in [3.05, 3.63) is 111 Å². The second-order valence-corrected chi connectivity index (χ2v) is 10.9. The molecule has 6 aromatic rings. The van der Waals surface area contributed by atoms with Crippen LogP contribution in [0.25, 0.3) is 26.7 Å². The summed E-state index contributed by atoms with van der Waals surface area (Å²) in [5, 5.41) is 17.8. The van der Waals surface area contributed by atoms with Crippen LogP contribution in [-0.2, 0) is 11.3 Å². The molecule has 0 aliphatic heterocycles. The summed E-state index contributed by atoms with van der Waals surface area (Å²) in [4.78, 5) is 35.7. The Kier molecular flexibility index (Phi) is 8.63. The summed E-state index contributed by atoms with van der Waals surface area (Å²) in [5.74, 6) is 0.606. The number of thiazole rings is 1. The number of fused-ring (bicyclic) bond motifs is 2. The number of anilines is 3. The highest BCUT2D eigenvalue weighted by Crippen LogP contribution is 2.29. The molecule has 0 aliphatic rings. The van der Waals surface area contributed by atoms with Gasteiger partial charge in [-0.2, -0.15) is 0 Å². The van der Waals surface area contributed by atoms with Gasteiger partial charge in [0.25, 0.3) is 5.56 Å². The lowest BCUT2D eigenvalue weighted by molar-refractivity contribution is -0.106. The minimum Gasteiger partial charge on any atom is -0.383 e. The van der Waals surface area contributed by atoms with Gasteiger partial charge in [0, 0.05) is 18.3 Å². The molecular weight excluding hydrogens is 574 g/mol. The summed E-state index contributed by atoms with van der Waals surface area (Å²) < 4.78 is 2.71. The minimum absolute atomic E-state index is 0.0827. The first-order valence-electron chi connectivity index (χ1n) is 13.6. The minimum atomic E-state index is -0.0827. The third-order valence-corrected chi connectivity index (χ3v) is 8.18. The van der Waals surface area contributed by atoms with E-state index in [1.165, 1.54) is 17.7 Å². The number of para-hydroxylation sites is 1. The number of rotatable bonds is 7. The van der Waals surface area contributed by atoms with Gasteiger partial charge in [-0.25, -0.2) is 15.0 Å². The molecule has 44 heavy (non-hydrogen) atoms. The van der Waals surface area contributed by atoms with Crippen molar-refractivity contribution in [2.24, 2.45) is 5.73 Å². The fraction of sp³-hybridized carbons (Fsp3) is 0.125. The number of nitrogens with one attached hydrogen (secondary N) is 3. The number of hydrogen-bond donors (Lipinski definition) is 5. The van der Waals surface area contributed by atoms with Gasteiger partial charge in [0.05, 0.1) is 39.1 Å². The average molecular weight is 606 g/mol. The smallest absolute Gasteiger partial charge is 0.263 e. The highest BCUT2D eigenvalue weighted by atomic mass is 32.1. The number of pyridine rings is 1. The van der Waals surface area contributed by atoms with Crippen LogP contribution >= 0.6 is 11.3 Å². The number of carbonyl (C=O) groups excluding carboxylic acids is 1. The Balaban J connectivity index is 0.00000123. The van der Waals surface area contributed by atoms with E-state index < -0.39 is 0 Å². The first-order chi connectivity index (χ1) is 21.3. The summed E-state index contributed by atoms with van der Waals surface area (Å²) in [6.45, 7) is 4.21. The van der Waals surface area contributed by atoms with E-state index in [4.69, 9.17) is 15.9 Å². The molecule has 11 nitrogen and oxygen atoms in total. The van der Waals surface area contributed by atoms with E-state index in [1.54, 1.807) is 4.57 Å². The van der Waals surface area contributed by atoms with Crippen LogP contribution in [0, 0.1) is 19.3 Å². The molecule has 0 fully saturated rings. The molecule has 0 atom stereocenters. The van der Waals surface area contributed by atoms with Crippen molar-refractivity contribution in [1.29, 1.82) is 5.41 Å². The van der Waals surface area contributed by atoms with Crippen molar-refractivity contribution < 1.29 is 4.79 Å². The van der Waals surface area contributed by atoms with Crippen molar-refractivity contribution in [2.45, 2.75) is 20.4 Å². The largest absolute Gasteiger partial charge is 0.383 e. The average Bonchev–Trinajstić information content (AvgIpc) is 3.43. The van der Waals surface area contributed by atoms with Gasteiger partial charge in [-0.3, -0.25) is 19.6 Å². The van der Waals surface area contributed by atoms with Crippen molar-refractivity contribution in [3.8, 4) is 5.69 Å². The predicted octanol–water partition coefficient (Wildman–Crippen LogP) is 4.76. The number of aryl methyl sites for hydroxylation is 2. The van der Waals surface area contributed by atoms with Gasteiger partial charge in [0.15, 0.2) is 5.13 Å². The number of amides is 1. The Morgan fingerprint density at radius 3 is 2.55 bits per heavy atom. The highest BCUT2D eigenvalue weighted by molar-refractivity contribution is 7.22. The summed E-state index contributed by atoms with van der Waals surface area (Å²) in [5.41, 5.74) is 16.0. The van der Waals surface area contributed by atoms with E-state index in [1.807, 2.05) is 87.6 Å². The van der Waals surface area contributed by atoms with Gasteiger partial charge in [-0.1, -0.05) is 53.8 Å². The lowest BCUT2D eigenvalue weighted by Crippen LogP contribution is -2.25. The first-order valence-corrected chi connectivity index (χ1v) is 14.5. The predicted molar refractivity (Wildman–Crippen MR) is 178 cm³/mol. The number of benzene rings is 3.